The average molecular weight is 446 g/mol. The number of amides is 1. The van der Waals surface area contributed by atoms with Gasteiger partial charge >= 0.3 is 6.09 Å². The molecule has 3 N–H and O–H groups in total. The first-order valence-electron chi connectivity index (χ1n) is 11.5. The second-order valence-electron chi connectivity index (χ2n) is 8.86. The van der Waals surface area contributed by atoms with Gasteiger partial charge in [-0.15, -0.1) is 0 Å². The number of carbonyl (C=O) groups is 1. The van der Waals surface area contributed by atoms with E-state index >= 15 is 0 Å². The minimum Gasteiger partial charge on any atom is -0.418 e. The molecule has 1 aliphatic heterocycles. The van der Waals surface area contributed by atoms with Crippen molar-refractivity contribution in [2.75, 3.05) is 19.8 Å². The van der Waals surface area contributed by atoms with Gasteiger partial charge in [0, 0.05) is 37.1 Å². The molecule has 0 bridgehead atoms. The molecule has 0 aromatic rings. The van der Waals surface area contributed by atoms with Crippen molar-refractivity contribution in [1.29, 1.82) is 0 Å². The van der Waals surface area contributed by atoms with Crippen LogP contribution in [0.4, 0.5) is 4.79 Å². The van der Waals surface area contributed by atoms with Gasteiger partial charge in [0.25, 0.3) is 0 Å². The Hall–Kier alpha value is -1.19. The molecule has 182 valence electrons. The van der Waals surface area contributed by atoms with E-state index in [-0.39, 0.29) is 31.4 Å². The summed E-state index contributed by atoms with van der Waals surface area (Å²) < 4.78 is 16.7. The lowest BCUT2D eigenvalue weighted by Crippen LogP contribution is -2.41. The predicted molar refractivity (Wildman–Crippen MR) is 118 cm³/mol. The summed E-state index contributed by atoms with van der Waals surface area (Å²) in [7, 11) is 0. The molecule has 8 heteroatoms. The summed E-state index contributed by atoms with van der Waals surface area (Å²) in [6.45, 7) is 10.3. The lowest BCUT2D eigenvalue weighted by atomic mass is 9.85. The quantitative estimate of drug-likeness (QED) is 0.374. The van der Waals surface area contributed by atoms with Gasteiger partial charge in [0.2, 0.25) is 0 Å². The first-order chi connectivity index (χ1) is 14.7. The third-order valence-electron chi connectivity index (χ3n) is 5.72. The Morgan fingerprint density at radius 1 is 1.13 bits per heavy atom. The van der Waals surface area contributed by atoms with E-state index in [0.29, 0.717) is 19.6 Å². The summed E-state index contributed by atoms with van der Waals surface area (Å²) in [4.78, 5) is 14.0. The van der Waals surface area contributed by atoms with Crippen LogP contribution in [-0.2, 0) is 14.2 Å². The second kappa shape index (κ2) is 14.8. The molecule has 0 spiro atoms. The fourth-order valence-corrected chi connectivity index (χ4v) is 3.85. The maximum Gasteiger partial charge on any atom is 0.415 e. The molecular formula is C23H43NO7. The molecular weight excluding hydrogens is 402 g/mol. The second-order valence-corrected chi connectivity index (χ2v) is 8.86. The molecule has 1 heterocycles. The maximum absolute atomic E-state index is 12.4. The summed E-state index contributed by atoms with van der Waals surface area (Å²) in [6.07, 6.45) is 4.19. The lowest BCUT2D eigenvalue weighted by Gasteiger charge is -2.30. The number of nitrogens with zero attached hydrogens (tertiary/aromatic N) is 1. The lowest BCUT2D eigenvalue weighted by molar-refractivity contribution is -0.165. The van der Waals surface area contributed by atoms with Crippen LogP contribution in [0.25, 0.3) is 0 Å². The van der Waals surface area contributed by atoms with Crippen molar-refractivity contribution in [2.24, 2.45) is 11.8 Å². The van der Waals surface area contributed by atoms with Crippen molar-refractivity contribution in [3.8, 4) is 0 Å². The van der Waals surface area contributed by atoms with Crippen LogP contribution in [0.3, 0.4) is 0 Å². The Balaban J connectivity index is 2.75. The zero-order valence-electron chi connectivity index (χ0n) is 19.8. The molecule has 5 atom stereocenters. The SMILES string of the molecule is CC(C)N(C(=O)O/C=C\[C@H](CCOC1CCCCO1)[C@H](O)[C@@H](C)[C@H](O)CCO)C(C)C. The minimum atomic E-state index is -0.890. The molecule has 31 heavy (non-hydrogen) atoms. The number of aliphatic hydroxyl groups excluding tert-OH is 3. The van der Waals surface area contributed by atoms with E-state index in [2.05, 4.69) is 0 Å². The summed E-state index contributed by atoms with van der Waals surface area (Å²) in [5.41, 5.74) is 0. The largest absolute Gasteiger partial charge is 0.418 e. The molecule has 1 aliphatic rings. The summed E-state index contributed by atoms with van der Waals surface area (Å²) in [5.74, 6) is -0.863. The number of carbonyl (C=O) groups excluding carboxylic acids is 1. The van der Waals surface area contributed by atoms with Crippen molar-refractivity contribution in [1.82, 2.24) is 4.90 Å². The van der Waals surface area contributed by atoms with Crippen LogP contribution in [0.15, 0.2) is 12.3 Å². The van der Waals surface area contributed by atoms with Crippen LogP contribution in [-0.4, -0.2) is 76.7 Å². The Kier molecular flexibility index (Phi) is 13.3. The molecule has 1 unspecified atom stereocenters. The molecule has 0 saturated carbocycles. The van der Waals surface area contributed by atoms with Crippen molar-refractivity contribution in [2.45, 2.75) is 97.3 Å². The monoisotopic (exact) mass is 445 g/mol. The van der Waals surface area contributed by atoms with Gasteiger partial charge in [0.1, 0.15) is 0 Å². The third-order valence-corrected chi connectivity index (χ3v) is 5.72. The van der Waals surface area contributed by atoms with E-state index in [1.54, 1.807) is 17.9 Å². The smallest absolute Gasteiger partial charge is 0.415 e. The maximum atomic E-state index is 12.4. The fraction of sp³-hybridized carbons (Fsp3) is 0.870. The zero-order valence-corrected chi connectivity index (χ0v) is 19.8. The molecule has 1 rings (SSSR count). The molecule has 8 nitrogen and oxygen atoms in total. The number of ether oxygens (including phenoxy) is 3. The molecule has 0 aromatic carbocycles. The highest BCUT2D eigenvalue weighted by Gasteiger charge is 2.29. The number of rotatable bonds is 13. The number of hydrogen-bond acceptors (Lipinski definition) is 7. The van der Waals surface area contributed by atoms with Crippen LogP contribution < -0.4 is 0 Å². The van der Waals surface area contributed by atoms with E-state index in [9.17, 15) is 15.0 Å². The molecule has 0 aromatic heterocycles. The molecule has 1 saturated heterocycles. The molecule has 1 fully saturated rings. The zero-order chi connectivity index (χ0) is 23.4. The van der Waals surface area contributed by atoms with Gasteiger partial charge in [0.05, 0.1) is 25.1 Å². The molecule has 0 aliphatic carbocycles. The van der Waals surface area contributed by atoms with Gasteiger partial charge in [-0.25, -0.2) is 4.79 Å². The Bertz CT molecular complexity index is 512. The Morgan fingerprint density at radius 3 is 2.35 bits per heavy atom. The molecule has 1 amide bonds. The van der Waals surface area contributed by atoms with Crippen LogP contribution in [0.1, 0.15) is 66.7 Å². The van der Waals surface area contributed by atoms with Gasteiger partial charge in [-0.2, -0.15) is 0 Å². The van der Waals surface area contributed by atoms with Crippen molar-refractivity contribution < 1.29 is 34.3 Å². The van der Waals surface area contributed by atoms with Gasteiger partial charge in [0.15, 0.2) is 6.29 Å². The topological polar surface area (TPSA) is 109 Å². The summed E-state index contributed by atoms with van der Waals surface area (Å²) in [6, 6.07) is -0.000312. The highest BCUT2D eigenvalue weighted by atomic mass is 16.7. The van der Waals surface area contributed by atoms with Crippen molar-refractivity contribution >= 4 is 6.09 Å². The third kappa shape index (κ3) is 9.87. The van der Waals surface area contributed by atoms with Gasteiger partial charge in [-0.3, -0.25) is 0 Å². The molecule has 0 radical (unpaired) electrons. The number of aliphatic hydroxyl groups is 3. The fourth-order valence-electron chi connectivity index (χ4n) is 3.85. The van der Waals surface area contributed by atoms with Gasteiger partial charge in [-0.1, -0.05) is 6.92 Å². The highest BCUT2D eigenvalue weighted by molar-refractivity contribution is 5.68. The predicted octanol–water partition coefficient (Wildman–Crippen LogP) is 3.05. The van der Waals surface area contributed by atoms with E-state index in [1.807, 2.05) is 27.7 Å². The summed E-state index contributed by atoms with van der Waals surface area (Å²) >= 11 is 0. The first-order valence-corrected chi connectivity index (χ1v) is 11.5. The van der Waals surface area contributed by atoms with E-state index in [1.165, 1.54) is 6.26 Å². The Morgan fingerprint density at radius 2 is 1.81 bits per heavy atom. The van der Waals surface area contributed by atoms with Gasteiger partial charge in [-0.05, 0) is 65.9 Å². The number of hydrogen-bond donors (Lipinski definition) is 3. The minimum absolute atomic E-state index is 0.000156. The van der Waals surface area contributed by atoms with E-state index < -0.39 is 30.1 Å². The Labute approximate surface area is 187 Å². The highest BCUT2D eigenvalue weighted by Crippen LogP contribution is 2.24. The normalized spacial score (nSPS) is 21.3. The summed E-state index contributed by atoms with van der Waals surface area (Å²) in [5, 5.41) is 30.1. The first kappa shape index (κ1) is 27.8. The van der Waals surface area contributed by atoms with Crippen LogP contribution in [0, 0.1) is 11.8 Å². The van der Waals surface area contributed by atoms with Crippen LogP contribution >= 0.6 is 0 Å². The van der Waals surface area contributed by atoms with E-state index in [4.69, 9.17) is 19.3 Å². The standard InChI is InChI=1S/C23H43NO7/c1-16(2)24(17(3)4)23(28)31-15-11-19(22(27)18(5)20(26)9-12-25)10-14-30-21-8-6-7-13-29-21/h11,15-22,25-27H,6-10,12-14H2,1-5H3/b15-11-/t18-,19-,20+,21?,22+/m0/s1. The van der Waals surface area contributed by atoms with Crippen molar-refractivity contribution in [3.63, 3.8) is 0 Å². The van der Waals surface area contributed by atoms with Gasteiger partial charge < -0.3 is 34.4 Å². The van der Waals surface area contributed by atoms with E-state index in [0.717, 1.165) is 19.3 Å². The average Bonchev–Trinajstić information content (AvgIpc) is 2.72. The van der Waals surface area contributed by atoms with Crippen molar-refractivity contribution in [3.05, 3.63) is 12.3 Å². The van der Waals surface area contributed by atoms with Crippen LogP contribution in [0.5, 0.6) is 0 Å². The van der Waals surface area contributed by atoms with Crippen LogP contribution in [0.2, 0.25) is 0 Å².